The van der Waals surface area contributed by atoms with Crippen LogP contribution in [0.25, 0.3) is 0 Å². The number of nitrogens with zero attached hydrogens (tertiary/aromatic N) is 2. The van der Waals surface area contributed by atoms with Crippen LogP contribution < -0.4 is 5.32 Å². The number of aromatic nitrogens is 1. The molecule has 1 aliphatic rings. The lowest BCUT2D eigenvalue weighted by Gasteiger charge is -2.13. The Bertz CT molecular complexity index is 894. The van der Waals surface area contributed by atoms with Crippen molar-refractivity contribution in [2.45, 2.75) is 48.1 Å². The summed E-state index contributed by atoms with van der Waals surface area (Å²) < 4.78 is 5.81. The number of ether oxygens (including phenoxy) is 1. The number of aryl methyl sites for hydroxylation is 1. The van der Waals surface area contributed by atoms with Crippen LogP contribution in [-0.4, -0.2) is 33.9 Å². The van der Waals surface area contributed by atoms with Crippen molar-refractivity contribution in [1.82, 2.24) is 10.3 Å². The van der Waals surface area contributed by atoms with Gasteiger partial charge in [0.25, 0.3) is 11.6 Å². The first-order valence-electron chi connectivity index (χ1n) is 8.23. The van der Waals surface area contributed by atoms with Crippen LogP contribution in [0.3, 0.4) is 0 Å². The smallest absolute Gasteiger partial charge is 0.339 e. The Morgan fingerprint density at radius 2 is 2.19 bits per heavy atom. The molecule has 1 aromatic carbocycles. The van der Waals surface area contributed by atoms with Crippen LogP contribution in [0.4, 0.5) is 5.69 Å². The maximum atomic E-state index is 12.3. The summed E-state index contributed by atoms with van der Waals surface area (Å²) in [7, 11) is 0. The highest BCUT2D eigenvalue weighted by atomic mass is 32.2. The molecule has 0 aliphatic heterocycles. The van der Waals surface area contributed by atoms with Crippen LogP contribution in [0.1, 0.15) is 35.8 Å². The molecular formula is C17H17N3O5S2. The van der Waals surface area contributed by atoms with E-state index in [4.69, 9.17) is 4.74 Å². The van der Waals surface area contributed by atoms with Crippen LogP contribution in [0, 0.1) is 17.0 Å². The second-order valence-corrected chi connectivity index (χ2v) is 8.27. The fourth-order valence-electron chi connectivity index (χ4n) is 2.17. The highest BCUT2D eigenvalue weighted by Crippen LogP contribution is 2.36. The van der Waals surface area contributed by atoms with E-state index in [1.807, 2.05) is 12.3 Å². The SMILES string of the molecule is Cc1csc(Sc2ccc(C(=O)O[C@@H](C)C(=O)NC3CC3)cc2[N+](=O)[O-])n1. The van der Waals surface area contributed by atoms with Crippen molar-refractivity contribution >= 4 is 40.7 Å². The van der Waals surface area contributed by atoms with Gasteiger partial charge in [0.1, 0.15) is 0 Å². The number of thiazole rings is 1. The Kier molecular flexibility index (Phi) is 5.76. The summed E-state index contributed by atoms with van der Waals surface area (Å²) in [5, 5.41) is 16.0. The van der Waals surface area contributed by atoms with Crippen LogP contribution in [0.15, 0.2) is 32.8 Å². The Morgan fingerprint density at radius 1 is 1.44 bits per heavy atom. The third kappa shape index (κ3) is 5.04. The number of hydrogen-bond acceptors (Lipinski definition) is 8. The molecule has 3 rings (SSSR count). The molecule has 0 spiro atoms. The molecule has 1 saturated carbocycles. The third-order valence-electron chi connectivity index (χ3n) is 3.76. The molecular weight excluding hydrogens is 390 g/mol. The fourth-order valence-corrected chi connectivity index (χ4v) is 4.05. The van der Waals surface area contributed by atoms with Gasteiger partial charge in [0.15, 0.2) is 10.4 Å². The molecule has 0 saturated heterocycles. The second-order valence-electron chi connectivity index (χ2n) is 6.13. The molecule has 0 unspecified atom stereocenters. The highest BCUT2D eigenvalue weighted by molar-refractivity contribution is 8.01. The summed E-state index contributed by atoms with van der Waals surface area (Å²) in [6, 6.07) is 4.26. The number of esters is 1. The minimum absolute atomic E-state index is 0.0208. The Morgan fingerprint density at radius 3 is 2.78 bits per heavy atom. The molecule has 1 aliphatic carbocycles. The molecule has 1 heterocycles. The Balaban J connectivity index is 1.73. The van der Waals surface area contributed by atoms with E-state index in [1.54, 1.807) is 0 Å². The average Bonchev–Trinajstić information content (AvgIpc) is 3.34. The van der Waals surface area contributed by atoms with E-state index in [2.05, 4.69) is 10.3 Å². The predicted octanol–water partition coefficient (Wildman–Crippen LogP) is 3.33. The number of nitrogens with one attached hydrogen (secondary N) is 1. The zero-order valence-electron chi connectivity index (χ0n) is 14.6. The molecule has 27 heavy (non-hydrogen) atoms. The van der Waals surface area contributed by atoms with Crippen LogP contribution in [-0.2, 0) is 9.53 Å². The van der Waals surface area contributed by atoms with E-state index < -0.39 is 17.0 Å². The van der Waals surface area contributed by atoms with E-state index >= 15 is 0 Å². The first-order valence-corrected chi connectivity index (χ1v) is 9.93. The number of nitro benzene ring substituents is 1. The van der Waals surface area contributed by atoms with E-state index in [1.165, 1.54) is 42.2 Å². The highest BCUT2D eigenvalue weighted by Gasteiger charge is 2.28. The molecule has 8 nitrogen and oxygen atoms in total. The first kappa shape index (κ1) is 19.3. The van der Waals surface area contributed by atoms with Crippen molar-refractivity contribution in [3.05, 3.63) is 45.0 Å². The molecule has 1 N–H and O–H groups in total. The van der Waals surface area contributed by atoms with Crippen LogP contribution >= 0.6 is 23.1 Å². The van der Waals surface area contributed by atoms with E-state index in [0.29, 0.717) is 9.24 Å². The van der Waals surface area contributed by atoms with Crippen molar-refractivity contribution in [1.29, 1.82) is 0 Å². The molecule has 0 radical (unpaired) electrons. The number of rotatable bonds is 7. The van der Waals surface area contributed by atoms with Gasteiger partial charge in [0.2, 0.25) is 0 Å². The third-order valence-corrected chi connectivity index (χ3v) is 5.88. The Labute approximate surface area is 163 Å². The summed E-state index contributed by atoms with van der Waals surface area (Å²) in [5.74, 6) is -1.15. The maximum Gasteiger partial charge on any atom is 0.339 e. The van der Waals surface area contributed by atoms with Crippen molar-refractivity contribution in [3.8, 4) is 0 Å². The lowest BCUT2D eigenvalue weighted by atomic mass is 10.2. The van der Waals surface area contributed by atoms with Gasteiger partial charge in [-0.15, -0.1) is 11.3 Å². The minimum Gasteiger partial charge on any atom is -0.449 e. The van der Waals surface area contributed by atoms with Gasteiger partial charge in [-0.1, -0.05) is 11.8 Å². The monoisotopic (exact) mass is 407 g/mol. The van der Waals surface area contributed by atoms with Gasteiger partial charge in [0.05, 0.1) is 15.4 Å². The number of benzene rings is 1. The lowest BCUT2D eigenvalue weighted by molar-refractivity contribution is -0.387. The van der Waals surface area contributed by atoms with Gasteiger partial charge < -0.3 is 10.1 Å². The van der Waals surface area contributed by atoms with Gasteiger partial charge in [-0.25, -0.2) is 9.78 Å². The summed E-state index contributed by atoms with van der Waals surface area (Å²) in [6.45, 7) is 3.31. The molecule has 10 heteroatoms. The topological polar surface area (TPSA) is 111 Å². The summed E-state index contributed by atoms with van der Waals surface area (Å²) in [6.07, 6.45) is 0.886. The zero-order chi connectivity index (χ0) is 19.6. The van der Waals surface area contributed by atoms with Crippen molar-refractivity contribution < 1.29 is 19.2 Å². The number of carbonyl (C=O) groups excluding carboxylic acids is 2. The van der Waals surface area contributed by atoms with Gasteiger partial charge in [0, 0.05) is 23.2 Å². The zero-order valence-corrected chi connectivity index (χ0v) is 16.3. The maximum absolute atomic E-state index is 12.3. The van der Waals surface area contributed by atoms with E-state index in [-0.39, 0.29) is 23.2 Å². The van der Waals surface area contributed by atoms with Crippen LogP contribution in [0.2, 0.25) is 0 Å². The molecule has 2 aromatic rings. The van der Waals surface area contributed by atoms with Crippen molar-refractivity contribution in [2.75, 3.05) is 0 Å². The first-order chi connectivity index (χ1) is 12.8. The summed E-state index contributed by atoms with van der Waals surface area (Å²) >= 11 is 2.56. The second kappa shape index (κ2) is 8.05. The van der Waals surface area contributed by atoms with Gasteiger partial charge in [-0.05, 0) is 38.8 Å². The normalized spacial score (nSPS) is 14.4. The van der Waals surface area contributed by atoms with Crippen molar-refractivity contribution in [3.63, 3.8) is 0 Å². The van der Waals surface area contributed by atoms with Crippen molar-refractivity contribution in [2.24, 2.45) is 0 Å². The molecule has 142 valence electrons. The van der Waals surface area contributed by atoms with Crippen LogP contribution in [0.5, 0.6) is 0 Å². The minimum atomic E-state index is -0.968. The quantitative estimate of drug-likeness (QED) is 0.426. The van der Waals surface area contributed by atoms with E-state index in [9.17, 15) is 19.7 Å². The number of nitro groups is 1. The summed E-state index contributed by atoms with van der Waals surface area (Å²) in [5.41, 5.74) is 0.647. The number of hydrogen-bond donors (Lipinski definition) is 1. The molecule has 1 amide bonds. The molecule has 1 atom stereocenters. The molecule has 1 aromatic heterocycles. The Hall–Kier alpha value is -2.46. The van der Waals surface area contributed by atoms with Gasteiger partial charge in [-0.2, -0.15) is 0 Å². The molecule has 1 fully saturated rings. The van der Waals surface area contributed by atoms with Gasteiger partial charge >= 0.3 is 5.97 Å². The molecule has 0 bridgehead atoms. The number of amides is 1. The number of carbonyl (C=O) groups is 2. The fraction of sp³-hybridized carbons (Fsp3) is 0.353. The van der Waals surface area contributed by atoms with Gasteiger partial charge in [-0.3, -0.25) is 14.9 Å². The largest absolute Gasteiger partial charge is 0.449 e. The van der Waals surface area contributed by atoms with E-state index in [0.717, 1.165) is 24.6 Å². The standard InChI is InChI=1S/C17H17N3O5S2/c1-9-8-26-17(18-9)27-14-6-3-11(7-13(14)20(23)24)16(22)25-10(2)15(21)19-12-4-5-12/h3,6-8,10,12H,4-5H2,1-2H3,(H,19,21)/t10-/m0/s1. The summed E-state index contributed by atoms with van der Waals surface area (Å²) in [4.78, 5) is 39.7. The predicted molar refractivity (Wildman–Crippen MR) is 100 cm³/mol. The average molecular weight is 407 g/mol. The lowest BCUT2D eigenvalue weighted by Crippen LogP contribution is -2.37.